The second-order valence-electron chi connectivity index (χ2n) is 7.06. The van der Waals surface area contributed by atoms with Gasteiger partial charge in [0, 0.05) is 17.8 Å². The lowest BCUT2D eigenvalue weighted by molar-refractivity contribution is 0.0954. The minimum absolute atomic E-state index is 0.188. The standard InChI is InChI=1S/C23H23FN2O3S/c1-16-3-12-22(15-17(16)2)30(28,29)26-21-10-6-19(7-11-21)23(27)25-14-13-18-4-8-20(24)9-5-18/h3-12,15,26H,13-14H2,1-2H3,(H,25,27). The second-order valence-corrected chi connectivity index (χ2v) is 8.74. The summed E-state index contributed by atoms with van der Waals surface area (Å²) in [6, 6.07) is 17.3. The third-order valence-electron chi connectivity index (χ3n) is 4.80. The van der Waals surface area contributed by atoms with Crippen LogP contribution in [0, 0.1) is 19.7 Å². The lowest BCUT2D eigenvalue weighted by atomic mass is 10.1. The lowest BCUT2D eigenvalue weighted by Crippen LogP contribution is -2.25. The van der Waals surface area contributed by atoms with Gasteiger partial charge in [-0.1, -0.05) is 18.2 Å². The van der Waals surface area contributed by atoms with E-state index in [0.29, 0.717) is 24.2 Å². The van der Waals surface area contributed by atoms with Crippen LogP contribution in [0.15, 0.2) is 71.6 Å². The molecule has 3 rings (SSSR count). The number of benzene rings is 3. The summed E-state index contributed by atoms with van der Waals surface area (Å²) in [6.07, 6.45) is 0.583. The molecule has 1 amide bonds. The smallest absolute Gasteiger partial charge is 0.261 e. The average molecular weight is 427 g/mol. The van der Waals surface area contributed by atoms with Gasteiger partial charge in [-0.15, -0.1) is 0 Å². The predicted octanol–water partition coefficient (Wildman–Crippen LogP) is 4.22. The molecule has 0 bridgehead atoms. The first-order valence-corrected chi connectivity index (χ1v) is 11.0. The third-order valence-corrected chi connectivity index (χ3v) is 6.18. The van der Waals surface area contributed by atoms with Crippen LogP contribution in [0.5, 0.6) is 0 Å². The van der Waals surface area contributed by atoms with E-state index in [-0.39, 0.29) is 16.6 Å². The number of amides is 1. The number of carbonyl (C=O) groups excluding carboxylic acids is 1. The second kappa shape index (κ2) is 9.09. The number of halogens is 1. The van der Waals surface area contributed by atoms with Crippen LogP contribution in [0.4, 0.5) is 10.1 Å². The minimum Gasteiger partial charge on any atom is -0.352 e. The zero-order chi connectivity index (χ0) is 21.7. The van der Waals surface area contributed by atoms with E-state index in [9.17, 15) is 17.6 Å². The molecule has 0 saturated carbocycles. The summed E-state index contributed by atoms with van der Waals surface area (Å²) in [5.41, 5.74) is 3.63. The van der Waals surface area contributed by atoms with Gasteiger partial charge in [0.25, 0.3) is 15.9 Å². The molecule has 0 radical (unpaired) electrons. The summed E-state index contributed by atoms with van der Waals surface area (Å²) >= 11 is 0. The molecular weight excluding hydrogens is 403 g/mol. The van der Waals surface area contributed by atoms with Gasteiger partial charge in [0.1, 0.15) is 5.82 Å². The largest absolute Gasteiger partial charge is 0.352 e. The maximum atomic E-state index is 12.9. The molecule has 3 aromatic rings. The highest BCUT2D eigenvalue weighted by atomic mass is 32.2. The molecule has 0 saturated heterocycles. The number of anilines is 1. The van der Waals surface area contributed by atoms with Gasteiger partial charge in [0.2, 0.25) is 0 Å². The Morgan fingerprint density at radius 2 is 1.57 bits per heavy atom. The number of rotatable bonds is 7. The molecular formula is C23H23FN2O3S. The number of sulfonamides is 1. The quantitative estimate of drug-likeness (QED) is 0.594. The lowest BCUT2D eigenvalue weighted by Gasteiger charge is -2.10. The Labute approximate surface area is 176 Å². The molecule has 2 N–H and O–H groups in total. The van der Waals surface area contributed by atoms with E-state index in [0.717, 1.165) is 16.7 Å². The zero-order valence-corrected chi connectivity index (χ0v) is 17.6. The van der Waals surface area contributed by atoms with E-state index in [2.05, 4.69) is 10.0 Å². The molecule has 0 aliphatic carbocycles. The van der Waals surface area contributed by atoms with E-state index < -0.39 is 10.0 Å². The summed E-state index contributed by atoms with van der Waals surface area (Å²) in [7, 11) is -3.71. The molecule has 0 aromatic heterocycles. The molecule has 156 valence electrons. The van der Waals surface area contributed by atoms with Crippen LogP contribution in [0.2, 0.25) is 0 Å². The molecule has 0 aliphatic heterocycles. The molecule has 0 spiro atoms. The van der Waals surface area contributed by atoms with Crippen molar-refractivity contribution < 1.29 is 17.6 Å². The van der Waals surface area contributed by atoms with Gasteiger partial charge in [0.05, 0.1) is 4.90 Å². The molecule has 3 aromatic carbocycles. The van der Waals surface area contributed by atoms with Gasteiger partial charge in [-0.2, -0.15) is 0 Å². The summed E-state index contributed by atoms with van der Waals surface area (Å²) in [4.78, 5) is 12.5. The van der Waals surface area contributed by atoms with Crippen molar-refractivity contribution in [1.82, 2.24) is 5.32 Å². The fourth-order valence-corrected chi connectivity index (χ4v) is 4.00. The monoisotopic (exact) mass is 426 g/mol. The number of aryl methyl sites for hydroxylation is 2. The van der Waals surface area contributed by atoms with Crippen LogP contribution in [0.3, 0.4) is 0 Å². The highest BCUT2D eigenvalue weighted by molar-refractivity contribution is 7.92. The Balaban J connectivity index is 1.59. The third kappa shape index (κ3) is 5.45. The van der Waals surface area contributed by atoms with E-state index in [1.54, 1.807) is 54.6 Å². The maximum Gasteiger partial charge on any atom is 0.261 e. The van der Waals surface area contributed by atoms with Gasteiger partial charge in [0.15, 0.2) is 0 Å². The minimum atomic E-state index is -3.71. The number of nitrogens with one attached hydrogen (secondary N) is 2. The highest BCUT2D eigenvalue weighted by Gasteiger charge is 2.15. The van der Waals surface area contributed by atoms with Crippen molar-refractivity contribution in [2.75, 3.05) is 11.3 Å². The van der Waals surface area contributed by atoms with Gasteiger partial charge in [-0.3, -0.25) is 9.52 Å². The van der Waals surface area contributed by atoms with Crippen molar-refractivity contribution in [1.29, 1.82) is 0 Å². The maximum absolute atomic E-state index is 12.9. The van der Waals surface area contributed by atoms with Crippen molar-refractivity contribution in [2.45, 2.75) is 25.2 Å². The molecule has 7 heteroatoms. The summed E-state index contributed by atoms with van der Waals surface area (Å²) < 4.78 is 40.6. The fourth-order valence-electron chi connectivity index (χ4n) is 2.86. The molecule has 0 fully saturated rings. The molecule has 5 nitrogen and oxygen atoms in total. The van der Waals surface area contributed by atoms with Crippen molar-refractivity contribution in [2.24, 2.45) is 0 Å². The molecule has 0 atom stereocenters. The Morgan fingerprint density at radius 1 is 0.900 bits per heavy atom. The molecule has 30 heavy (non-hydrogen) atoms. The molecule has 0 aliphatic rings. The Kier molecular flexibility index (Phi) is 6.52. The molecule has 0 heterocycles. The SMILES string of the molecule is Cc1ccc(S(=O)(=O)Nc2ccc(C(=O)NCCc3ccc(F)cc3)cc2)cc1C. The van der Waals surface area contributed by atoms with E-state index in [1.165, 1.54) is 12.1 Å². The van der Waals surface area contributed by atoms with Crippen LogP contribution >= 0.6 is 0 Å². The number of hydrogen-bond acceptors (Lipinski definition) is 3. The summed E-state index contributed by atoms with van der Waals surface area (Å²) in [5.74, 6) is -0.559. The Bertz CT molecular complexity index is 1140. The van der Waals surface area contributed by atoms with E-state index >= 15 is 0 Å². The zero-order valence-electron chi connectivity index (χ0n) is 16.8. The summed E-state index contributed by atoms with van der Waals surface area (Å²) in [5, 5.41) is 2.80. The van der Waals surface area contributed by atoms with Crippen LogP contribution in [-0.4, -0.2) is 20.9 Å². The highest BCUT2D eigenvalue weighted by Crippen LogP contribution is 2.19. The van der Waals surface area contributed by atoms with Crippen LogP contribution in [0.25, 0.3) is 0 Å². The first kappa shape index (κ1) is 21.5. The average Bonchev–Trinajstić information content (AvgIpc) is 2.71. The van der Waals surface area contributed by atoms with Crippen LogP contribution in [0.1, 0.15) is 27.0 Å². The van der Waals surface area contributed by atoms with Crippen molar-refractivity contribution in [3.05, 3.63) is 94.8 Å². The van der Waals surface area contributed by atoms with Gasteiger partial charge in [-0.05, 0) is 85.5 Å². The van der Waals surface area contributed by atoms with Crippen molar-refractivity contribution >= 4 is 21.6 Å². The first-order valence-electron chi connectivity index (χ1n) is 9.47. The first-order chi connectivity index (χ1) is 14.2. The van der Waals surface area contributed by atoms with Crippen LogP contribution in [-0.2, 0) is 16.4 Å². The number of carbonyl (C=O) groups is 1. The number of hydrogen-bond donors (Lipinski definition) is 2. The van der Waals surface area contributed by atoms with Crippen LogP contribution < -0.4 is 10.0 Å². The fraction of sp³-hybridized carbons (Fsp3) is 0.174. The predicted molar refractivity (Wildman–Crippen MR) is 116 cm³/mol. The van der Waals surface area contributed by atoms with Gasteiger partial charge in [-0.25, -0.2) is 12.8 Å². The molecule has 0 unspecified atom stereocenters. The Morgan fingerprint density at radius 3 is 2.20 bits per heavy atom. The van der Waals surface area contributed by atoms with Gasteiger partial charge >= 0.3 is 0 Å². The topological polar surface area (TPSA) is 75.3 Å². The van der Waals surface area contributed by atoms with E-state index in [1.807, 2.05) is 13.8 Å². The van der Waals surface area contributed by atoms with Crippen molar-refractivity contribution in [3.8, 4) is 0 Å². The Hall–Kier alpha value is -3.19. The summed E-state index contributed by atoms with van der Waals surface area (Å²) in [6.45, 7) is 4.19. The van der Waals surface area contributed by atoms with Crippen molar-refractivity contribution in [3.63, 3.8) is 0 Å². The normalized spacial score (nSPS) is 11.2. The van der Waals surface area contributed by atoms with Gasteiger partial charge < -0.3 is 5.32 Å². The van der Waals surface area contributed by atoms with E-state index in [4.69, 9.17) is 0 Å².